The highest BCUT2D eigenvalue weighted by molar-refractivity contribution is 6.04. The summed E-state index contributed by atoms with van der Waals surface area (Å²) in [6, 6.07) is 17.2. The second-order valence-electron chi connectivity index (χ2n) is 7.21. The summed E-state index contributed by atoms with van der Waals surface area (Å²) in [4.78, 5) is 20.0. The maximum Gasteiger partial charge on any atom is 0.339 e. The lowest BCUT2D eigenvalue weighted by Crippen LogP contribution is -2.35. The summed E-state index contributed by atoms with van der Waals surface area (Å²) in [5.74, 6) is 0.509. The van der Waals surface area contributed by atoms with Crippen molar-refractivity contribution in [1.82, 2.24) is 9.88 Å². The van der Waals surface area contributed by atoms with E-state index in [1.54, 1.807) is 7.11 Å². The molecule has 0 radical (unpaired) electrons. The van der Waals surface area contributed by atoms with Gasteiger partial charge in [-0.15, -0.1) is 12.4 Å². The van der Waals surface area contributed by atoms with E-state index >= 15 is 0 Å². The summed E-state index contributed by atoms with van der Waals surface area (Å²) in [5.41, 5.74) is 3.03. The van der Waals surface area contributed by atoms with E-state index in [0.717, 1.165) is 53.8 Å². The van der Waals surface area contributed by atoms with E-state index in [1.807, 2.05) is 54.6 Å². The number of carbonyl (C=O) groups is 1. The number of rotatable bonds is 4. The zero-order valence-electron chi connectivity index (χ0n) is 16.6. The van der Waals surface area contributed by atoms with Gasteiger partial charge in [0.1, 0.15) is 11.9 Å². The summed E-state index contributed by atoms with van der Waals surface area (Å²) in [5, 5.41) is 0.817. The first-order valence-corrected chi connectivity index (χ1v) is 9.58. The third-order valence-electron chi connectivity index (χ3n) is 5.26. The van der Waals surface area contributed by atoms with Crippen LogP contribution in [0.3, 0.4) is 0 Å². The van der Waals surface area contributed by atoms with Crippen molar-refractivity contribution in [1.29, 1.82) is 0 Å². The van der Waals surface area contributed by atoms with Gasteiger partial charge in [0.2, 0.25) is 0 Å². The second kappa shape index (κ2) is 9.25. The lowest BCUT2D eigenvalue weighted by Gasteiger charge is -2.28. The molecule has 0 spiro atoms. The standard InChI is InChI=1S/C23H24N2O3.ClH/c1-25-13-11-18(12-14-25)28-23(26)20-15-22(16-7-9-17(27-2)10-8-16)24-21-6-4-3-5-19(20)21;/h3-10,15,18H,11-14H2,1-2H3;1H. The molecule has 0 atom stereocenters. The Kier molecular flexibility index (Phi) is 6.72. The van der Waals surface area contributed by atoms with Gasteiger partial charge in [-0.1, -0.05) is 18.2 Å². The molecule has 0 bridgehead atoms. The van der Waals surface area contributed by atoms with Crippen molar-refractivity contribution in [3.63, 3.8) is 0 Å². The molecule has 0 N–H and O–H groups in total. The average Bonchev–Trinajstić information content (AvgIpc) is 2.74. The van der Waals surface area contributed by atoms with Crippen molar-refractivity contribution >= 4 is 29.3 Å². The maximum atomic E-state index is 13.0. The number of pyridine rings is 1. The highest BCUT2D eigenvalue weighted by Crippen LogP contribution is 2.27. The van der Waals surface area contributed by atoms with E-state index in [4.69, 9.17) is 14.5 Å². The largest absolute Gasteiger partial charge is 0.497 e. The van der Waals surface area contributed by atoms with Crippen LogP contribution in [0.15, 0.2) is 54.6 Å². The minimum Gasteiger partial charge on any atom is -0.497 e. The third kappa shape index (κ3) is 4.69. The second-order valence-corrected chi connectivity index (χ2v) is 7.21. The van der Waals surface area contributed by atoms with Gasteiger partial charge in [-0.3, -0.25) is 0 Å². The number of methoxy groups -OCH3 is 1. The van der Waals surface area contributed by atoms with Crippen LogP contribution in [0.2, 0.25) is 0 Å². The lowest BCUT2D eigenvalue weighted by molar-refractivity contribution is 0.0141. The van der Waals surface area contributed by atoms with E-state index < -0.39 is 0 Å². The van der Waals surface area contributed by atoms with Gasteiger partial charge in [0.25, 0.3) is 0 Å². The number of fused-ring (bicyclic) bond motifs is 1. The van der Waals surface area contributed by atoms with Crippen molar-refractivity contribution in [3.05, 3.63) is 60.2 Å². The van der Waals surface area contributed by atoms with Gasteiger partial charge in [0.05, 0.1) is 23.9 Å². The molecule has 1 aliphatic rings. The number of carbonyl (C=O) groups excluding carboxylic acids is 1. The van der Waals surface area contributed by atoms with Gasteiger partial charge in [0.15, 0.2) is 0 Å². The Labute approximate surface area is 177 Å². The summed E-state index contributed by atoms with van der Waals surface area (Å²) >= 11 is 0. The van der Waals surface area contributed by atoms with E-state index in [1.165, 1.54) is 0 Å². The first-order chi connectivity index (χ1) is 13.6. The van der Waals surface area contributed by atoms with Crippen LogP contribution in [0.1, 0.15) is 23.2 Å². The number of hydrogen-bond acceptors (Lipinski definition) is 5. The number of likely N-dealkylation sites (tertiary alicyclic amines) is 1. The van der Waals surface area contributed by atoms with E-state index in [0.29, 0.717) is 5.56 Å². The van der Waals surface area contributed by atoms with Crippen molar-refractivity contribution in [2.24, 2.45) is 0 Å². The van der Waals surface area contributed by atoms with Crippen LogP contribution in [0.4, 0.5) is 0 Å². The topological polar surface area (TPSA) is 51.7 Å². The molecule has 4 rings (SSSR count). The Hall–Kier alpha value is -2.63. The number of piperidine rings is 1. The summed E-state index contributed by atoms with van der Waals surface area (Å²) in [6.07, 6.45) is 1.72. The fraction of sp³-hybridized carbons (Fsp3) is 0.304. The fourth-order valence-electron chi connectivity index (χ4n) is 3.57. The van der Waals surface area contributed by atoms with Crippen LogP contribution >= 0.6 is 12.4 Å². The highest BCUT2D eigenvalue weighted by Gasteiger charge is 2.23. The van der Waals surface area contributed by atoms with Crippen LogP contribution in [0, 0.1) is 0 Å². The Bertz CT molecular complexity index is 983. The minimum atomic E-state index is -0.275. The van der Waals surface area contributed by atoms with Gasteiger partial charge < -0.3 is 14.4 Å². The molecule has 0 saturated carbocycles. The monoisotopic (exact) mass is 412 g/mol. The molecule has 3 aromatic rings. The maximum absolute atomic E-state index is 13.0. The molecule has 1 aliphatic heterocycles. The average molecular weight is 413 g/mol. The fourth-order valence-corrected chi connectivity index (χ4v) is 3.57. The first kappa shape index (κ1) is 21.1. The molecule has 1 saturated heterocycles. The van der Waals surface area contributed by atoms with Crippen LogP contribution in [0.25, 0.3) is 22.2 Å². The Morgan fingerprint density at radius 2 is 1.76 bits per heavy atom. The molecular formula is C23H25ClN2O3. The van der Waals surface area contributed by atoms with Gasteiger partial charge in [-0.25, -0.2) is 9.78 Å². The normalized spacial score (nSPS) is 15.0. The highest BCUT2D eigenvalue weighted by atomic mass is 35.5. The lowest BCUT2D eigenvalue weighted by atomic mass is 10.0. The van der Waals surface area contributed by atoms with Crippen LogP contribution in [-0.4, -0.2) is 49.2 Å². The molecule has 0 unspecified atom stereocenters. The third-order valence-corrected chi connectivity index (χ3v) is 5.26. The Morgan fingerprint density at radius 1 is 1.07 bits per heavy atom. The van der Waals surface area contributed by atoms with Crippen molar-refractivity contribution in [3.8, 4) is 17.0 Å². The van der Waals surface area contributed by atoms with Gasteiger partial charge in [-0.2, -0.15) is 0 Å². The Morgan fingerprint density at radius 3 is 2.45 bits per heavy atom. The molecule has 1 fully saturated rings. The first-order valence-electron chi connectivity index (χ1n) is 9.58. The molecular weight excluding hydrogens is 388 g/mol. The Balaban J connectivity index is 0.00000240. The number of esters is 1. The van der Waals surface area contributed by atoms with Crippen LogP contribution < -0.4 is 4.74 Å². The summed E-state index contributed by atoms with van der Waals surface area (Å²) in [6.45, 7) is 1.90. The summed E-state index contributed by atoms with van der Waals surface area (Å²) < 4.78 is 11.1. The quantitative estimate of drug-likeness (QED) is 0.587. The number of benzene rings is 2. The van der Waals surface area contributed by atoms with Crippen LogP contribution in [-0.2, 0) is 4.74 Å². The van der Waals surface area contributed by atoms with Gasteiger partial charge in [-0.05, 0) is 56.3 Å². The van der Waals surface area contributed by atoms with Crippen molar-refractivity contribution < 1.29 is 14.3 Å². The molecule has 2 aromatic carbocycles. The summed E-state index contributed by atoms with van der Waals surface area (Å²) in [7, 11) is 3.73. The van der Waals surface area contributed by atoms with Crippen molar-refractivity contribution in [2.75, 3.05) is 27.2 Å². The number of hydrogen-bond donors (Lipinski definition) is 0. The molecule has 29 heavy (non-hydrogen) atoms. The van der Waals surface area contributed by atoms with Crippen molar-refractivity contribution in [2.45, 2.75) is 18.9 Å². The number of para-hydroxylation sites is 1. The molecule has 0 amide bonds. The predicted octanol–water partition coefficient (Wildman–Crippen LogP) is 4.58. The molecule has 152 valence electrons. The number of aromatic nitrogens is 1. The van der Waals surface area contributed by atoms with E-state index in [9.17, 15) is 4.79 Å². The predicted molar refractivity (Wildman–Crippen MR) is 117 cm³/mol. The molecule has 6 heteroatoms. The zero-order valence-corrected chi connectivity index (χ0v) is 17.4. The van der Waals surface area contributed by atoms with Gasteiger partial charge in [0, 0.05) is 24.0 Å². The van der Waals surface area contributed by atoms with Gasteiger partial charge >= 0.3 is 5.97 Å². The number of ether oxygens (including phenoxy) is 2. The van der Waals surface area contributed by atoms with Crippen LogP contribution in [0.5, 0.6) is 5.75 Å². The van der Waals surface area contributed by atoms with E-state index in [2.05, 4.69) is 11.9 Å². The molecule has 1 aromatic heterocycles. The SMILES string of the molecule is COc1ccc(-c2cc(C(=O)OC3CCN(C)CC3)c3ccccc3n2)cc1.Cl. The van der Waals surface area contributed by atoms with E-state index in [-0.39, 0.29) is 24.5 Å². The smallest absolute Gasteiger partial charge is 0.339 e. The number of nitrogens with zero attached hydrogens (tertiary/aromatic N) is 2. The molecule has 0 aliphatic carbocycles. The number of halogens is 1. The zero-order chi connectivity index (χ0) is 19.5. The molecule has 2 heterocycles. The molecule has 5 nitrogen and oxygen atoms in total. The minimum absolute atomic E-state index is 0.